The molecule has 2 rings (SSSR count). The Labute approximate surface area is 121 Å². The molecule has 10 heteroatoms. The number of halogens is 4. The minimum absolute atomic E-state index is 0.0368. The van der Waals surface area contributed by atoms with E-state index in [2.05, 4.69) is 15.4 Å². The number of carbonyl (C=O) groups is 1. The molecule has 0 saturated carbocycles. The van der Waals surface area contributed by atoms with E-state index in [1.165, 1.54) is 12.4 Å². The maximum Gasteiger partial charge on any atom is 0.418 e. The van der Waals surface area contributed by atoms with Crippen molar-refractivity contribution in [2.24, 2.45) is 0 Å². The molecule has 0 radical (unpaired) electrons. The Balaban J connectivity index is 2.17. The van der Waals surface area contributed by atoms with Gasteiger partial charge < -0.3 is 11.1 Å². The molecule has 0 fully saturated rings. The van der Waals surface area contributed by atoms with E-state index in [0.717, 1.165) is 16.8 Å². The smallest absolute Gasteiger partial charge is 0.367 e. The summed E-state index contributed by atoms with van der Waals surface area (Å²) in [4.78, 5) is 15.3. The van der Waals surface area contributed by atoms with Crippen LogP contribution in [-0.4, -0.2) is 20.7 Å². The molecule has 6 nitrogen and oxygen atoms in total. The second-order valence-corrected chi connectivity index (χ2v) is 4.47. The van der Waals surface area contributed by atoms with E-state index in [1.54, 1.807) is 0 Å². The Morgan fingerprint density at radius 2 is 2.14 bits per heavy atom. The summed E-state index contributed by atoms with van der Waals surface area (Å²) in [6.45, 7) is -0.315. The lowest BCUT2D eigenvalue weighted by Crippen LogP contribution is -2.21. The number of aromatic nitrogens is 3. The van der Waals surface area contributed by atoms with Crippen LogP contribution in [0.4, 0.5) is 24.8 Å². The molecule has 1 heterocycles. The number of carbonyl (C=O) groups excluding carboxylic acids is 1. The van der Waals surface area contributed by atoms with Gasteiger partial charge in [0.05, 0.1) is 11.3 Å². The summed E-state index contributed by atoms with van der Waals surface area (Å²) < 4.78 is 39.7. The molecular formula is C11H9ClF3N5O. The Morgan fingerprint density at radius 3 is 2.71 bits per heavy atom. The number of nitrogens with zero attached hydrogens (tertiary/aromatic N) is 3. The molecule has 1 aromatic carbocycles. The van der Waals surface area contributed by atoms with Crippen molar-refractivity contribution in [2.75, 3.05) is 11.1 Å². The van der Waals surface area contributed by atoms with Gasteiger partial charge in [-0.1, -0.05) is 11.6 Å². The Kier molecular flexibility index (Phi) is 4.03. The maximum absolute atomic E-state index is 12.9. The number of benzene rings is 1. The van der Waals surface area contributed by atoms with E-state index in [1.807, 2.05) is 0 Å². The second-order valence-electron chi connectivity index (χ2n) is 4.04. The molecule has 0 atom stereocenters. The van der Waals surface area contributed by atoms with Crippen LogP contribution >= 0.6 is 11.6 Å². The quantitative estimate of drug-likeness (QED) is 0.908. The number of rotatable bonds is 3. The number of amides is 1. The predicted octanol–water partition coefficient (Wildman–Crippen LogP) is 2.17. The van der Waals surface area contributed by atoms with E-state index in [4.69, 9.17) is 17.3 Å². The highest BCUT2D eigenvalue weighted by atomic mass is 35.5. The van der Waals surface area contributed by atoms with Gasteiger partial charge in [-0.25, -0.2) is 9.67 Å². The van der Waals surface area contributed by atoms with Gasteiger partial charge in [0.15, 0.2) is 0 Å². The zero-order chi connectivity index (χ0) is 15.6. The number of nitrogens with one attached hydrogen (secondary N) is 1. The van der Waals surface area contributed by atoms with Gasteiger partial charge in [0, 0.05) is 5.02 Å². The number of hydrogen-bond donors (Lipinski definition) is 2. The molecule has 21 heavy (non-hydrogen) atoms. The third-order valence-corrected chi connectivity index (χ3v) is 2.66. The van der Waals surface area contributed by atoms with Gasteiger partial charge >= 0.3 is 6.18 Å². The fraction of sp³-hybridized carbons (Fsp3) is 0.182. The average Bonchev–Trinajstić information content (AvgIpc) is 2.75. The third kappa shape index (κ3) is 3.85. The van der Waals surface area contributed by atoms with Crippen LogP contribution in [0.3, 0.4) is 0 Å². The first kappa shape index (κ1) is 15.1. The summed E-state index contributed by atoms with van der Waals surface area (Å²) in [5.74, 6) is -0.738. The number of alkyl halides is 3. The van der Waals surface area contributed by atoms with Gasteiger partial charge in [-0.3, -0.25) is 4.79 Å². The molecule has 0 unspecified atom stereocenters. The van der Waals surface area contributed by atoms with Crippen LogP contribution in [0.15, 0.2) is 24.5 Å². The lowest BCUT2D eigenvalue weighted by molar-refractivity contribution is -0.137. The first-order valence-electron chi connectivity index (χ1n) is 5.57. The Morgan fingerprint density at radius 1 is 1.43 bits per heavy atom. The molecule has 0 bridgehead atoms. The van der Waals surface area contributed by atoms with Crippen molar-refractivity contribution < 1.29 is 18.0 Å². The van der Waals surface area contributed by atoms with Crippen LogP contribution in [0.1, 0.15) is 5.56 Å². The minimum Gasteiger partial charge on any atom is -0.367 e. The Bertz CT molecular complexity index is 670. The van der Waals surface area contributed by atoms with Crippen LogP contribution in [0.2, 0.25) is 5.02 Å². The highest BCUT2D eigenvalue weighted by Crippen LogP contribution is 2.36. The molecule has 112 valence electrons. The van der Waals surface area contributed by atoms with Crippen molar-refractivity contribution >= 4 is 29.1 Å². The predicted molar refractivity (Wildman–Crippen MR) is 69.5 cm³/mol. The molecule has 1 aromatic heterocycles. The molecular weight excluding hydrogens is 311 g/mol. The standard InChI is InChI=1S/C11H9ClF3N5O/c12-6-1-2-8(7(3-6)11(13,14)15)18-9(21)4-20-5-17-10(16)19-20/h1-3,5H,4H2,(H2,16,19)(H,18,21). The monoisotopic (exact) mass is 319 g/mol. The highest BCUT2D eigenvalue weighted by Gasteiger charge is 2.34. The number of anilines is 2. The molecule has 2 aromatic rings. The fourth-order valence-corrected chi connectivity index (χ4v) is 1.75. The van der Waals surface area contributed by atoms with Crippen molar-refractivity contribution in [3.63, 3.8) is 0 Å². The van der Waals surface area contributed by atoms with E-state index in [0.29, 0.717) is 0 Å². The molecule has 0 aliphatic heterocycles. The maximum atomic E-state index is 12.9. The first-order valence-corrected chi connectivity index (χ1v) is 5.95. The van der Waals surface area contributed by atoms with Crippen molar-refractivity contribution in [1.82, 2.24) is 14.8 Å². The first-order chi connectivity index (χ1) is 9.75. The van der Waals surface area contributed by atoms with Crippen LogP contribution in [0.5, 0.6) is 0 Å². The zero-order valence-electron chi connectivity index (χ0n) is 10.4. The molecule has 1 amide bonds. The number of hydrogen-bond acceptors (Lipinski definition) is 4. The van der Waals surface area contributed by atoms with Crippen LogP contribution < -0.4 is 11.1 Å². The summed E-state index contributed by atoms with van der Waals surface area (Å²) in [6, 6.07) is 3.07. The largest absolute Gasteiger partial charge is 0.418 e. The topological polar surface area (TPSA) is 85.8 Å². The Hall–Kier alpha value is -2.29. The zero-order valence-corrected chi connectivity index (χ0v) is 11.1. The van der Waals surface area contributed by atoms with Gasteiger partial charge in [-0.2, -0.15) is 13.2 Å². The van der Waals surface area contributed by atoms with E-state index in [-0.39, 0.29) is 23.2 Å². The van der Waals surface area contributed by atoms with Crippen LogP contribution in [0, 0.1) is 0 Å². The van der Waals surface area contributed by atoms with Crippen molar-refractivity contribution in [3.05, 3.63) is 35.1 Å². The molecule has 0 spiro atoms. The van der Waals surface area contributed by atoms with Gasteiger partial charge in [-0.05, 0) is 18.2 Å². The highest BCUT2D eigenvalue weighted by molar-refractivity contribution is 6.30. The van der Waals surface area contributed by atoms with E-state index < -0.39 is 17.6 Å². The minimum atomic E-state index is -4.63. The lowest BCUT2D eigenvalue weighted by atomic mass is 10.1. The van der Waals surface area contributed by atoms with Crippen molar-refractivity contribution in [2.45, 2.75) is 12.7 Å². The molecule has 0 saturated heterocycles. The van der Waals surface area contributed by atoms with Gasteiger partial charge in [0.2, 0.25) is 11.9 Å². The van der Waals surface area contributed by atoms with Crippen molar-refractivity contribution in [3.8, 4) is 0 Å². The summed E-state index contributed by atoms with van der Waals surface area (Å²) in [5.41, 5.74) is 3.86. The summed E-state index contributed by atoms with van der Waals surface area (Å²) >= 11 is 5.54. The summed E-state index contributed by atoms with van der Waals surface area (Å²) in [5, 5.41) is 5.73. The van der Waals surface area contributed by atoms with Crippen LogP contribution in [0.25, 0.3) is 0 Å². The molecule has 3 N–H and O–H groups in total. The molecule has 0 aliphatic rings. The van der Waals surface area contributed by atoms with Gasteiger partial charge in [0.1, 0.15) is 12.9 Å². The number of nitrogen functional groups attached to an aromatic ring is 1. The summed E-state index contributed by atoms with van der Waals surface area (Å²) in [6.07, 6.45) is -3.44. The van der Waals surface area contributed by atoms with Gasteiger partial charge in [0.25, 0.3) is 0 Å². The van der Waals surface area contributed by atoms with E-state index >= 15 is 0 Å². The average molecular weight is 320 g/mol. The third-order valence-electron chi connectivity index (χ3n) is 2.42. The van der Waals surface area contributed by atoms with Crippen molar-refractivity contribution in [1.29, 1.82) is 0 Å². The normalized spacial score (nSPS) is 11.4. The summed E-state index contributed by atoms with van der Waals surface area (Å²) in [7, 11) is 0. The SMILES string of the molecule is Nc1ncn(CC(=O)Nc2ccc(Cl)cc2C(F)(F)F)n1. The second kappa shape index (κ2) is 5.60. The van der Waals surface area contributed by atoms with E-state index in [9.17, 15) is 18.0 Å². The fourth-order valence-electron chi connectivity index (χ4n) is 1.58. The molecule has 0 aliphatic carbocycles. The lowest BCUT2D eigenvalue weighted by Gasteiger charge is -2.14. The van der Waals surface area contributed by atoms with Crippen LogP contribution in [-0.2, 0) is 17.5 Å². The number of nitrogens with two attached hydrogens (primary N) is 1. The van der Waals surface area contributed by atoms with Gasteiger partial charge in [-0.15, -0.1) is 5.10 Å².